The van der Waals surface area contributed by atoms with Gasteiger partial charge < -0.3 is 11.5 Å². The zero-order valence-corrected chi connectivity index (χ0v) is 15.2. The molecule has 0 amide bonds. The largest absolute Gasteiger partial charge is 0.399 e. The second-order valence-electron chi connectivity index (χ2n) is 5.59. The number of rotatable bonds is 4. The molecule has 3 aromatic carbocycles. The lowest BCUT2D eigenvalue weighted by Crippen LogP contribution is -2.07. The fourth-order valence-electron chi connectivity index (χ4n) is 2.47. The molecule has 0 saturated carbocycles. The van der Waals surface area contributed by atoms with Gasteiger partial charge in [0.05, 0.1) is 25.3 Å². The summed E-state index contributed by atoms with van der Waals surface area (Å²) < 4.78 is 50.7. The first-order valence-corrected chi connectivity index (χ1v) is 10.5. The van der Waals surface area contributed by atoms with Crippen LogP contribution in [0.1, 0.15) is 0 Å². The van der Waals surface area contributed by atoms with Crippen LogP contribution in [0.4, 0.5) is 11.4 Å². The van der Waals surface area contributed by atoms with E-state index in [1.807, 2.05) is 0 Å². The maximum atomic E-state index is 12.7. The molecule has 134 valence electrons. The molecule has 0 aliphatic rings. The molecule has 3 aromatic rings. The normalized spacial score (nSPS) is 12.0. The first-order chi connectivity index (χ1) is 12.2. The van der Waals surface area contributed by atoms with Crippen molar-refractivity contribution in [1.29, 1.82) is 0 Å². The van der Waals surface area contributed by atoms with Crippen LogP contribution in [0, 0.1) is 0 Å². The molecule has 0 aromatic heterocycles. The number of sulfone groups is 2. The van der Waals surface area contributed by atoms with Gasteiger partial charge >= 0.3 is 0 Å². The van der Waals surface area contributed by atoms with Crippen molar-refractivity contribution in [2.24, 2.45) is 0 Å². The molecule has 0 fully saturated rings. The van der Waals surface area contributed by atoms with Gasteiger partial charge in [0.15, 0.2) is 0 Å². The summed E-state index contributed by atoms with van der Waals surface area (Å²) in [5.74, 6) is 0. The third kappa shape index (κ3) is 3.16. The minimum atomic E-state index is -3.84. The van der Waals surface area contributed by atoms with Gasteiger partial charge in [0.1, 0.15) is 0 Å². The van der Waals surface area contributed by atoms with Crippen LogP contribution in [0.2, 0.25) is 0 Å². The highest BCUT2D eigenvalue weighted by Crippen LogP contribution is 2.28. The van der Waals surface area contributed by atoms with Crippen molar-refractivity contribution in [3.63, 3.8) is 0 Å². The van der Waals surface area contributed by atoms with E-state index in [9.17, 15) is 16.8 Å². The van der Waals surface area contributed by atoms with E-state index in [0.29, 0.717) is 5.69 Å². The predicted molar refractivity (Wildman–Crippen MR) is 99.1 cm³/mol. The van der Waals surface area contributed by atoms with Crippen molar-refractivity contribution in [2.75, 3.05) is 11.5 Å². The quantitative estimate of drug-likeness (QED) is 0.663. The van der Waals surface area contributed by atoms with E-state index in [-0.39, 0.29) is 25.3 Å². The van der Waals surface area contributed by atoms with Crippen LogP contribution in [0.25, 0.3) is 0 Å². The highest BCUT2D eigenvalue weighted by atomic mass is 32.2. The Kier molecular flexibility index (Phi) is 4.47. The van der Waals surface area contributed by atoms with Crippen LogP contribution < -0.4 is 11.5 Å². The number of para-hydroxylation sites is 1. The van der Waals surface area contributed by atoms with Crippen molar-refractivity contribution in [3.8, 4) is 0 Å². The molecule has 0 aliphatic heterocycles. The van der Waals surface area contributed by atoms with Gasteiger partial charge in [-0.05, 0) is 54.6 Å². The first-order valence-electron chi connectivity index (χ1n) is 7.53. The molecule has 0 aliphatic carbocycles. The zero-order valence-electron chi connectivity index (χ0n) is 13.5. The fourth-order valence-corrected chi connectivity index (χ4v) is 5.17. The van der Waals surface area contributed by atoms with Crippen molar-refractivity contribution in [3.05, 3.63) is 72.8 Å². The monoisotopic (exact) mass is 388 g/mol. The van der Waals surface area contributed by atoms with Gasteiger partial charge in [-0.25, -0.2) is 16.8 Å². The van der Waals surface area contributed by atoms with Crippen LogP contribution in [0.3, 0.4) is 0 Å². The maximum Gasteiger partial charge on any atom is 0.208 e. The van der Waals surface area contributed by atoms with Gasteiger partial charge in [-0.2, -0.15) is 0 Å². The van der Waals surface area contributed by atoms with E-state index in [1.165, 1.54) is 48.5 Å². The SMILES string of the molecule is Nc1cccc(S(=O)(=O)c2ccc(S(=O)(=O)c3ccccc3N)cc2)c1. The van der Waals surface area contributed by atoms with Gasteiger partial charge in [-0.15, -0.1) is 0 Å². The molecule has 3 rings (SSSR count). The van der Waals surface area contributed by atoms with E-state index in [0.717, 1.165) is 0 Å². The Bertz CT molecular complexity index is 1170. The molecule has 8 heteroatoms. The molecule has 4 N–H and O–H groups in total. The van der Waals surface area contributed by atoms with E-state index in [1.54, 1.807) is 24.3 Å². The Morgan fingerprint density at radius 2 is 1.15 bits per heavy atom. The Morgan fingerprint density at radius 3 is 1.73 bits per heavy atom. The maximum absolute atomic E-state index is 12.7. The minimum Gasteiger partial charge on any atom is -0.399 e. The van der Waals surface area contributed by atoms with Gasteiger partial charge in [-0.1, -0.05) is 18.2 Å². The van der Waals surface area contributed by atoms with E-state index < -0.39 is 19.7 Å². The Balaban J connectivity index is 2.03. The van der Waals surface area contributed by atoms with Crippen LogP contribution in [0.5, 0.6) is 0 Å². The summed E-state index contributed by atoms with van der Waals surface area (Å²) in [4.78, 5) is -0.0446. The summed E-state index contributed by atoms with van der Waals surface area (Å²) in [7, 11) is -7.64. The molecule has 0 unspecified atom stereocenters. The zero-order chi connectivity index (χ0) is 18.9. The van der Waals surface area contributed by atoms with Crippen molar-refractivity contribution in [2.45, 2.75) is 19.6 Å². The number of hydrogen-bond acceptors (Lipinski definition) is 6. The second kappa shape index (κ2) is 6.47. The molecule has 0 radical (unpaired) electrons. The summed E-state index contributed by atoms with van der Waals surface area (Å²) >= 11 is 0. The lowest BCUT2D eigenvalue weighted by molar-refractivity contribution is 0.592. The molecule has 26 heavy (non-hydrogen) atoms. The standard InChI is InChI=1S/C18H16N2O4S2/c19-13-4-3-5-16(12-13)25(21,22)14-8-10-15(11-9-14)26(23,24)18-7-2-1-6-17(18)20/h1-12H,19-20H2. The first kappa shape index (κ1) is 18.0. The van der Waals surface area contributed by atoms with E-state index in [4.69, 9.17) is 11.5 Å². The summed E-state index contributed by atoms with van der Waals surface area (Å²) in [5.41, 5.74) is 11.8. The predicted octanol–water partition coefficient (Wildman–Crippen LogP) is 2.52. The molecule has 6 nitrogen and oxygen atoms in total. The summed E-state index contributed by atoms with van der Waals surface area (Å²) in [6.45, 7) is 0. The molecule has 0 bridgehead atoms. The lowest BCUT2D eigenvalue weighted by Gasteiger charge is -2.09. The summed E-state index contributed by atoms with van der Waals surface area (Å²) in [6.07, 6.45) is 0. The van der Waals surface area contributed by atoms with E-state index in [2.05, 4.69) is 0 Å². The van der Waals surface area contributed by atoms with Gasteiger partial charge in [0.25, 0.3) is 0 Å². The van der Waals surface area contributed by atoms with Crippen molar-refractivity contribution < 1.29 is 16.8 Å². The fraction of sp³-hybridized carbons (Fsp3) is 0. The third-order valence-electron chi connectivity index (χ3n) is 3.82. The number of benzene rings is 3. The average Bonchev–Trinajstić information content (AvgIpc) is 2.62. The summed E-state index contributed by atoms with van der Waals surface area (Å²) in [5, 5.41) is 0. The van der Waals surface area contributed by atoms with Crippen LogP contribution in [-0.4, -0.2) is 16.8 Å². The molecule has 0 heterocycles. The lowest BCUT2D eigenvalue weighted by atomic mass is 10.3. The Labute approximate surface area is 151 Å². The molecule has 0 saturated heterocycles. The Morgan fingerprint density at radius 1 is 0.577 bits per heavy atom. The van der Waals surface area contributed by atoms with Crippen LogP contribution in [0.15, 0.2) is 92.4 Å². The second-order valence-corrected chi connectivity index (χ2v) is 9.46. The van der Waals surface area contributed by atoms with Crippen LogP contribution >= 0.6 is 0 Å². The number of hydrogen-bond donors (Lipinski definition) is 2. The van der Waals surface area contributed by atoms with Gasteiger partial charge in [0, 0.05) is 5.69 Å². The molecular weight excluding hydrogens is 372 g/mol. The van der Waals surface area contributed by atoms with Crippen LogP contribution in [-0.2, 0) is 19.7 Å². The third-order valence-corrected chi connectivity index (χ3v) is 7.43. The van der Waals surface area contributed by atoms with Gasteiger partial charge in [0.2, 0.25) is 19.7 Å². The smallest absolute Gasteiger partial charge is 0.208 e. The molecular formula is C18H16N2O4S2. The van der Waals surface area contributed by atoms with Crippen molar-refractivity contribution >= 4 is 31.0 Å². The highest BCUT2D eigenvalue weighted by molar-refractivity contribution is 7.92. The molecule has 0 atom stereocenters. The molecule has 0 spiro atoms. The Hall–Kier alpha value is -2.84. The number of nitrogen functional groups attached to an aromatic ring is 2. The minimum absolute atomic E-state index is 0.0218. The van der Waals surface area contributed by atoms with Crippen molar-refractivity contribution in [1.82, 2.24) is 0 Å². The summed E-state index contributed by atoms with van der Waals surface area (Å²) in [6, 6.07) is 17.0. The topological polar surface area (TPSA) is 120 Å². The highest BCUT2D eigenvalue weighted by Gasteiger charge is 2.22. The van der Waals surface area contributed by atoms with Gasteiger partial charge in [-0.3, -0.25) is 0 Å². The number of nitrogens with two attached hydrogens (primary N) is 2. The average molecular weight is 388 g/mol. The van der Waals surface area contributed by atoms with E-state index >= 15 is 0 Å². The number of anilines is 2.